The monoisotopic (exact) mass is 377 g/mol. The average molecular weight is 378 g/mol. The lowest BCUT2D eigenvalue weighted by atomic mass is 9.97. The Kier molecular flexibility index (Phi) is 4.82. The Morgan fingerprint density at radius 2 is 1.93 bits per heavy atom. The van der Waals surface area contributed by atoms with Crippen LogP contribution in [0.4, 0.5) is 0 Å². The van der Waals surface area contributed by atoms with Crippen LogP contribution in [-0.4, -0.2) is 15.7 Å². The topological polar surface area (TPSA) is 46.9 Å². The summed E-state index contributed by atoms with van der Waals surface area (Å²) in [7, 11) is 0. The number of nitrogens with zero attached hydrogens (tertiary/aromatic N) is 2. The molecule has 3 aromatic rings. The van der Waals surface area contributed by atoms with Crippen molar-refractivity contribution in [2.45, 2.75) is 25.4 Å². The summed E-state index contributed by atoms with van der Waals surface area (Å²) >= 11 is 6.01. The highest BCUT2D eigenvalue weighted by Crippen LogP contribution is 2.36. The molecule has 0 aliphatic heterocycles. The van der Waals surface area contributed by atoms with Crippen LogP contribution in [0.15, 0.2) is 67.4 Å². The van der Waals surface area contributed by atoms with E-state index in [9.17, 15) is 4.79 Å². The van der Waals surface area contributed by atoms with Gasteiger partial charge in [-0.05, 0) is 59.9 Å². The van der Waals surface area contributed by atoms with Crippen molar-refractivity contribution in [1.29, 1.82) is 0 Å². The molecule has 0 saturated heterocycles. The normalized spacial score (nSPS) is 13.4. The van der Waals surface area contributed by atoms with Crippen LogP contribution in [-0.2, 0) is 11.3 Å². The summed E-state index contributed by atoms with van der Waals surface area (Å²) in [6.45, 7) is 3.93. The van der Waals surface area contributed by atoms with E-state index in [1.165, 1.54) is 18.9 Å². The minimum Gasteiger partial charge on any atom is -0.348 e. The number of rotatable bonds is 6. The first-order valence-electron chi connectivity index (χ1n) is 8.99. The molecule has 1 aliphatic carbocycles. The smallest absolute Gasteiger partial charge is 0.243 e. The molecule has 0 atom stereocenters. The predicted octanol–water partition coefficient (Wildman–Crippen LogP) is 5.01. The maximum Gasteiger partial charge on any atom is 0.243 e. The largest absolute Gasteiger partial charge is 0.348 e. The number of benzene rings is 2. The molecule has 0 bridgehead atoms. The van der Waals surface area contributed by atoms with E-state index in [1.54, 1.807) is 0 Å². The first-order chi connectivity index (χ1) is 13.1. The number of amides is 1. The van der Waals surface area contributed by atoms with E-state index >= 15 is 0 Å². The summed E-state index contributed by atoms with van der Waals surface area (Å²) in [4.78, 5) is 11.6. The van der Waals surface area contributed by atoms with Crippen LogP contribution >= 0.6 is 11.6 Å². The number of hydrogen-bond acceptors (Lipinski definition) is 2. The molecule has 0 radical (unpaired) electrons. The van der Waals surface area contributed by atoms with Crippen molar-refractivity contribution in [3.8, 4) is 22.4 Å². The van der Waals surface area contributed by atoms with Crippen LogP contribution in [0.3, 0.4) is 0 Å². The van der Waals surface area contributed by atoms with Crippen molar-refractivity contribution in [2.75, 3.05) is 0 Å². The van der Waals surface area contributed by atoms with Gasteiger partial charge in [-0.1, -0.05) is 42.4 Å². The lowest BCUT2D eigenvalue weighted by Crippen LogP contribution is -2.20. The van der Waals surface area contributed by atoms with Gasteiger partial charge in [0.15, 0.2) is 0 Å². The Morgan fingerprint density at radius 3 is 2.63 bits per heavy atom. The molecule has 1 fully saturated rings. The van der Waals surface area contributed by atoms with E-state index in [2.05, 4.69) is 24.0 Å². The van der Waals surface area contributed by atoms with Crippen LogP contribution < -0.4 is 5.32 Å². The SMILES string of the molecule is C=CC(=O)NCc1ccc(-c2ccc(Cl)cc2)cc1-c1ccn(C2CC2)n1. The van der Waals surface area contributed by atoms with Crippen molar-refractivity contribution >= 4 is 17.5 Å². The molecule has 1 heterocycles. The van der Waals surface area contributed by atoms with Crippen molar-refractivity contribution in [1.82, 2.24) is 15.1 Å². The van der Waals surface area contributed by atoms with Crippen LogP contribution in [0, 0.1) is 0 Å². The Bertz CT molecular complexity index is 987. The fourth-order valence-corrected chi connectivity index (χ4v) is 3.20. The van der Waals surface area contributed by atoms with Crippen LogP contribution in [0.2, 0.25) is 5.02 Å². The maximum absolute atomic E-state index is 11.6. The Labute approximate surface area is 163 Å². The molecular weight excluding hydrogens is 358 g/mol. The zero-order valence-corrected chi connectivity index (χ0v) is 15.6. The summed E-state index contributed by atoms with van der Waals surface area (Å²) in [5.74, 6) is -0.189. The molecule has 27 heavy (non-hydrogen) atoms. The van der Waals surface area contributed by atoms with Crippen LogP contribution in [0.1, 0.15) is 24.4 Å². The molecule has 2 aromatic carbocycles. The van der Waals surface area contributed by atoms with Gasteiger partial charge in [-0.2, -0.15) is 5.10 Å². The van der Waals surface area contributed by atoms with Gasteiger partial charge in [-0.25, -0.2) is 0 Å². The molecule has 0 spiro atoms. The van der Waals surface area contributed by atoms with E-state index in [0.29, 0.717) is 17.6 Å². The van der Waals surface area contributed by atoms with Gasteiger partial charge >= 0.3 is 0 Å². The molecule has 1 aromatic heterocycles. The highest BCUT2D eigenvalue weighted by Gasteiger charge is 2.24. The Hall–Kier alpha value is -2.85. The maximum atomic E-state index is 11.6. The van der Waals surface area contributed by atoms with E-state index in [0.717, 1.165) is 27.9 Å². The van der Waals surface area contributed by atoms with E-state index in [-0.39, 0.29) is 5.91 Å². The zero-order valence-electron chi connectivity index (χ0n) is 14.9. The number of halogens is 1. The molecule has 1 N–H and O–H groups in total. The number of hydrogen-bond donors (Lipinski definition) is 1. The summed E-state index contributed by atoms with van der Waals surface area (Å²) in [5, 5.41) is 8.33. The molecule has 1 aliphatic rings. The Balaban J connectivity index is 1.72. The second kappa shape index (κ2) is 7.41. The summed E-state index contributed by atoms with van der Waals surface area (Å²) in [5.41, 5.74) is 5.13. The van der Waals surface area contributed by atoms with Gasteiger partial charge in [0.05, 0.1) is 11.7 Å². The third kappa shape index (κ3) is 3.96. The standard InChI is InChI=1S/C22H20ClN3O/c1-2-22(27)24-14-17-4-3-16(15-5-7-18(23)8-6-15)13-20(17)21-11-12-26(25-21)19-9-10-19/h2-8,11-13,19H,1,9-10,14H2,(H,24,27). The second-order valence-electron chi connectivity index (χ2n) is 6.71. The molecule has 4 nitrogen and oxygen atoms in total. The minimum absolute atomic E-state index is 0.189. The number of aromatic nitrogens is 2. The number of carbonyl (C=O) groups is 1. The molecule has 5 heteroatoms. The number of carbonyl (C=O) groups excluding carboxylic acids is 1. The van der Waals surface area contributed by atoms with Gasteiger partial charge in [-0.3, -0.25) is 9.48 Å². The molecular formula is C22H20ClN3O. The van der Waals surface area contributed by atoms with E-state index in [4.69, 9.17) is 16.7 Å². The first-order valence-corrected chi connectivity index (χ1v) is 9.36. The van der Waals surface area contributed by atoms with Crippen molar-refractivity contribution in [2.24, 2.45) is 0 Å². The minimum atomic E-state index is -0.189. The van der Waals surface area contributed by atoms with Gasteiger partial charge in [0, 0.05) is 23.3 Å². The van der Waals surface area contributed by atoms with E-state index in [1.807, 2.05) is 47.3 Å². The first kappa shape index (κ1) is 17.6. The Morgan fingerprint density at radius 1 is 1.19 bits per heavy atom. The van der Waals surface area contributed by atoms with Gasteiger partial charge < -0.3 is 5.32 Å². The predicted molar refractivity (Wildman–Crippen MR) is 108 cm³/mol. The second-order valence-corrected chi connectivity index (χ2v) is 7.15. The molecule has 4 rings (SSSR count). The fraction of sp³-hybridized carbons (Fsp3) is 0.182. The third-order valence-electron chi connectivity index (χ3n) is 4.73. The molecule has 1 amide bonds. The summed E-state index contributed by atoms with van der Waals surface area (Å²) in [6, 6.07) is 16.6. The quantitative estimate of drug-likeness (QED) is 0.614. The van der Waals surface area contributed by atoms with Gasteiger partial charge in [-0.15, -0.1) is 0 Å². The van der Waals surface area contributed by atoms with Gasteiger partial charge in [0.2, 0.25) is 5.91 Å². The molecule has 136 valence electrons. The highest BCUT2D eigenvalue weighted by atomic mass is 35.5. The highest BCUT2D eigenvalue weighted by molar-refractivity contribution is 6.30. The zero-order chi connectivity index (χ0) is 18.8. The van der Waals surface area contributed by atoms with Gasteiger partial charge in [0.1, 0.15) is 0 Å². The molecule has 0 unspecified atom stereocenters. The van der Waals surface area contributed by atoms with Crippen LogP contribution in [0.5, 0.6) is 0 Å². The van der Waals surface area contributed by atoms with Crippen molar-refractivity contribution in [3.63, 3.8) is 0 Å². The fourth-order valence-electron chi connectivity index (χ4n) is 3.07. The van der Waals surface area contributed by atoms with Gasteiger partial charge in [0.25, 0.3) is 0 Å². The summed E-state index contributed by atoms with van der Waals surface area (Å²) < 4.78 is 2.04. The molecule has 1 saturated carbocycles. The average Bonchev–Trinajstić information content (AvgIpc) is 3.43. The van der Waals surface area contributed by atoms with Crippen molar-refractivity contribution < 1.29 is 4.79 Å². The lowest BCUT2D eigenvalue weighted by Gasteiger charge is -2.12. The van der Waals surface area contributed by atoms with Crippen LogP contribution in [0.25, 0.3) is 22.4 Å². The van der Waals surface area contributed by atoms with E-state index < -0.39 is 0 Å². The summed E-state index contributed by atoms with van der Waals surface area (Å²) in [6.07, 6.45) is 5.69. The number of nitrogens with one attached hydrogen (secondary N) is 1. The lowest BCUT2D eigenvalue weighted by molar-refractivity contribution is -0.116. The third-order valence-corrected chi connectivity index (χ3v) is 4.98. The van der Waals surface area contributed by atoms with Crippen molar-refractivity contribution in [3.05, 3.63) is 78.0 Å².